The van der Waals surface area contributed by atoms with Crippen molar-refractivity contribution in [3.63, 3.8) is 0 Å². The van der Waals surface area contributed by atoms with Crippen LogP contribution in [0.2, 0.25) is 0 Å². The summed E-state index contributed by atoms with van der Waals surface area (Å²) in [5, 5.41) is 12.8. The third-order valence-electron chi connectivity index (χ3n) is 9.10. The second-order valence-corrected chi connectivity index (χ2v) is 13.3. The number of nitrogens with one attached hydrogen (secondary N) is 1. The van der Waals surface area contributed by atoms with Crippen LogP contribution in [-0.2, 0) is 41.6 Å². The number of pyridine rings is 1. The number of carbonyl (C=O) groups is 2. The molecule has 0 spiro atoms. The molecule has 2 aromatic carbocycles. The van der Waals surface area contributed by atoms with E-state index in [1.165, 1.54) is 24.7 Å². The van der Waals surface area contributed by atoms with E-state index in [2.05, 4.69) is 10.3 Å². The predicted octanol–water partition coefficient (Wildman–Crippen LogP) is 7.14. The number of aryl methyl sites for hydroxylation is 5. The molecular weight excluding hydrogens is 640 g/mol. The maximum Gasteiger partial charge on any atom is 0.416 e. The summed E-state index contributed by atoms with van der Waals surface area (Å²) >= 11 is 0. The largest absolute Gasteiger partial charge is 0.481 e. The first-order chi connectivity index (χ1) is 23.1. The number of carboxylic acid groups (broad SMARTS) is 1. The summed E-state index contributed by atoms with van der Waals surface area (Å²) < 4.78 is 59.1. The normalized spacial score (nSPS) is 14.1. The zero-order valence-corrected chi connectivity index (χ0v) is 27.9. The van der Waals surface area contributed by atoms with Gasteiger partial charge in [0, 0.05) is 31.2 Å². The van der Waals surface area contributed by atoms with Crippen molar-refractivity contribution in [3.05, 3.63) is 110 Å². The van der Waals surface area contributed by atoms with Crippen LogP contribution in [0.5, 0.6) is 0 Å². The van der Waals surface area contributed by atoms with E-state index in [4.69, 9.17) is 0 Å². The molecule has 2 aromatic heterocycles. The van der Waals surface area contributed by atoms with Crippen LogP contribution in [-0.4, -0.2) is 31.1 Å². The number of halogens is 4. The van der Waals surface area contributed by atoms with Gasteiger partial charge >= 0.3 is 12.1 Å². The lowest BCUT2D eigenvalue weighted by molar-refractivity contribution is -0.139. The summed E-state index contributed by atoms with van der Waals surface area (Å²) in [6.07, 6.45) is 2.91. The van der Waals surface area contributed by atoms with E-state index in [1.807, 2.05) is 39.8 Å². The Balaban J connectivity index is 1.56. The molecule has 0 unspecified atom stereocenters. The molecule has 0 aliphatic heterocycles. The van der Waals surface area contributed by atoms with Crippen LogP contribution < -0.4 is 10.9 Å². The molecule has 260 valence electrons. The van der Waals surface area contributed by atoms with Gasteiger partial charge in [-0.3, -0.25) is 14.4 Å². The molecule has 1 aliphatic carbocycles. The summed E-state index contributed by atoms with van der Waals surface area (Å²) in [4.78, 5) is 43.5. The minimum atomic E-state index is -4.79. The number of carbonyl (C=O) groups excluding carboxylic acids is 1. The van der Waals surface area contributed by atoms with E-state index in [9.17, 15) is 37.1 Å². The Morgan fingerprint density at radius 3 is 2.39 bits per heavy atom. The van der Waals surface area contributed by atoms with Gasteiger partial charge in [-0.05, 0) is 115 Å². The Morgan fingerprint density at radius 2 is 1.78 bits per heavy atom. The van der Waals surface area contributed by atoms with E-state index < -0.39 is 47.7 Å². The number of carboxylic acids is 1. The summed E-state index contributed by atoms with van der Waals surface area (Å²) in [5.74, 6) is -2.36. The number of benzene rings is 2. The van der Waals surface area contributed by atoms with Gasteiger partial charge in [-0.25, -0.2) is 9.37 Å². The number of alkyl halides is 3. The van der Waals surface area contributed by atoms with Crippen molar-refractivity contribution in [1.82, 2.24) is 19.4 Å². The molecule has 2 atom stereocenters. The summed E-state index contributed by atoms with van der Waals surface area (Å²) in [5.41, 5.74) is 3.59. The third kappa shape index (κ3) is 8.12. The first kappa shape index (κ1) is 35.6. The molecular formula is C37H40F4N4O4. The lowest BCUT2D eigenvalue weighted by Crippen LogP contribution is -2.40. The van der Waals surface area contributed by atoms with E-state index in [0.717, 1.165) is 63.4 Å². The maximum absolute atomic E-state index is 14.2. The van der Waals surface area contributed by atoms with E-state index in [0.29, 0.717) is 11.6 Å². The fraction of sp³-hybridized carbons (Fsp3) is 0.405. The number of amides is 1. The molecule has 2 heterocycles. The fourth-order valence-corrected chi connectivity index (χ4v) is 6.95. The number of hydrogen-bond donors (Lipinski definition) is 2. The number of hydrogen-bond acceptors (Lipinski definition) is 4. The topological polar surface area (TPSA) is 106 Å². The first-order valence-corrected chi connectivity index (χ1v) is 16.3. The third-order valence-corrected chi connectivity index (χ3v) is 9.10. The van der Waals surface area contributed by atoms with Crippen molar-refractivity contribution in [2.24, 2.45) is 5.92 Å². The van der Waals surface area contributed by atoms with Crippen molar-refractivity contribution >= 4 is 11.9 Å². The summed E-state index contributed by atoms with van der Waals surface area (Å²) in [7, 11) is 0. The number of fused-ring (bicyclic) bond motifs is 1. The van der Waals surface area contributed by atoms with E-state index in [-0.39, 0.29) is 36.7 Å². The van der Waals surface area contributed by atoms with Gasteiger partial charge in [0.05, 0.1) is 24.4 Å². The van der Waals surface area contributed by atoms with Gasteiger partial charge in [-0.2, -0.15) is 13.2 Å². The van der Waals surface area contributed by atoms with Gasteiger partial charge in [0.2, 0.25) is 5.91 Å². The molecule has 2 N–H and O–H groups in total. The molecule has 12 heteroatoms. The van der Waals surface area contributed by atoms with E-state index >= 15 is 0 Å². The quantitative estimate of drug-likeness (QED) is 0.155. The van der Waals surface area contributed by atoms with Gasteiger partial charge in [-0.1, -0.05) is 19.9 Å². The Labute approximate surface area is 281 Å². The minimum absolute atomic E-state index is 0.0801. The van der Waals surface area contributed by atoms with Gasteiger partial charge < -0.3 is 19.6 Å². The first-order valence-electron chi connectivity index (χ1n) is 16.3. The standard InChI is InChI=1S/C37H40F4N4O4/c1-21(2)12-32(45-19-25(8-10-44-11-9-42-20-44)30(17-33(45)46)37(39,40)41)36(49)43-31(18-34(47)48)26-15-24-6-5-7-28(24)29(16-26)35-22(3)13-27(38)14-23(35)4/h9,11,13-17,19-21,31-32H,5-8,10,12,18H2,1-4H3,(H,43,49)(H,47,48)/t31-,32+/m1/s1. The number of rotatable bonds is 12. The summed E-state index contributed by atoms with van der Waals surface area (Å²) in [6, 6.07) is 4.94. The zero-order chi connectivity index (χ0) is 35.6. The van der Waals surface area contributed by atoms with Crippen LogP contribution in [0.3, 0.4) is 0 Å². The number of aliphatic carboxylic acids is 1. The van der Waals surface area contributed by atoms with Crippen molar-refractivity contribution in [2.45, 2.75) is 91.0 Å². The lowest BCUT2D eigenvalue weighted by Gasteiger charge is -2.27. The van der Waals surface area contributed by atoms with Crippen LogP contribution >= 0.6 is 0 Å². The second kappa shape index (κ2) is 14.4. The van der Waals surface area contributed by atoms with E-state index in [1.54, 1.807) is 10.8 Å². The average Bonchev–Trinajstić information content (AvgIpc) is 3.70. The minimum Gasteiger partial charge on any atom is -0.481 e. The molecule has 1 aliphatic rings. The number of imidazole rings is 1. The molecule has 4 aromatic rings. The highest BCUT2D eigenvalue weighted by Gasteiger charge is 2.36. The molecule has 0 saturated heterocycles. The Kier molecular flexibility index (Phi) is 10.4. The van der Waals surface area contributed by atoms with Crippen LogP contribution in [0.1, 0.15) is 84.1 Å². The zero-order valence-electron chi connectivity index (χ0n) is 27.9. The molecule has 8 nitrogen and oxygen atoms in total. The van der Waals surface area contributed by atoms with Gasteiger partial charge in [0.1, 0.15) is 11.9 Å². The van der Waals surface area contributed by atoms with Gasteiger partial charge in [0.25, 0.3) is 5.56 Å². The van der Waals surface area contributed by atoms with Crippen molar-refractivity contribution in [2.75, 3.05) is 0 Å². The van der Waals surface area contributed by atoms with Gasteiger partial charge in [0.15, 0.2) is 0 Å². The lowest BCUT2D eigenvalue weighted by atomic mass is 9.87. The predicted molar refractivity (Wildman–Crippen MR) is 177 cm³/mol. The van der Waals surface area contributed by atoms with Crippen LogP contribution in [0.25, 0.3) is 11.1 Å². The Bertz CT molecular complexity index is 1890. The monoisotopic (exact) mass is 680 g/mol. The molecule has 0 fully saturated rings. The molecule has 5 rings (SSSR count). The highest BCUT2D eigenvalue weighted by atomic mass is 19.4. The molecule has 0 saturated carbocycles. The Hall–Kier alpha value is -4.74. The number of nitrogens with zero attached hydrogens (tertiary/aromatic N) is 3. The van der Waals surface area contributed by atoms with Crippen LogP contribution in [0, 0.1) is 25.6 Å². The second-order valence-electron chi connectivity index (χ2n) is 13.3. The molecule has 1 amide bonds. The fourth-order valence-electron chi connectivity index (χ4n) is 6.95. The SMILES string of the molecule is Cc1cc(F)cc(C)c1-c1cc([C@@H](CC(=O)O)NC(=O)[C@H](CC(C)C)n2cc(CCn3ccnc3)c(C(F)(F)F)cc2=O)cc2c1CCC2. The van der Waals surface area contributed by atoms with Crippen molar-refractivity contribution in [3.8, 4) is 11.1 Å². The summed E-state index contributed by atoms with van der Waals surface area (Å²) in [6.45, 7) is 7.45. The highest BCUT2D eigenvalue weighted by molar-refractivity contribution is 5.82. The van der Waals surface area contributed by atoms with Crippen molar-refractivity contribution < 1.29 is 32.3 Å². The van der Waals surface area contributed by atoms with Crippen molar-refractivity contribution in [1.29, 1.82) is 0 Å². The smallest absolute Gasteiger partial charge is 0.416 e. The Morgan fingerprint density at radius 1 is 1.06 bits per heavy atom. The molecule has 0 radical (unpaired) electrons. The average molecular weight is 681 g/mol. The van der Waals surface area contributed by atoms with Gasteiger partial charge in [-0.15, -0.1) is 0 Å². The molecule has 49 heavy (non-hydrogen) atoms. The molecule has 0 bridgehead atoms. The maximum atomic E-state index is 14.2. The van der Waals surface area contributed by atoms with Crippen LogP contribution in [0.15, 0.2) is 60.0 Å². The number of aromatic nitrogens is 3. The highest BCUT2D eigenvalue weighted by Crippen LogP contribution is 2.39. The van der Waals surface area contributed by atoms with Crippen LogP contribution in [0.4, 0.5) is 17.6 Å².